The van der Waals surface area contributed by atoms with E-state index in [1.165, 1.54) is 35.4 Å². The van der Waals surface area contributed by atoms with E-state index in [4.69, 9.17) is 0 Å². The number of nitrogens with zero attached hydrogens (tertiary/aromatic N) is 3. The summed E-state index contributed by atoms with van der Waals surface area (Å²) in [4.78, 5) is 4.28. The molecule has 2 aromatic rings. The summed E-state index contributed by atoms with van der Waals surface area (Å²) in [6.45, 7) is 2.03. The van der Waals surface area contributed by atoms with Crippen LogP contribution in [0, 0.1) is 5.95 Å². The second-order valence-corrected chi connectivity index (χ2v) is 5.11. The topological polar surface area (TPSA) is 38.7 Å². The van der Waals surface area contributed by atoms with Gasteiger partial charge in [-0.05, 0) is 12.5 Å². The van der Waals surface area contributed by atoms with E-state index >= 15 is 0 Å². The number of rotatable bonds is 3. The molecule has 15 heavy (non-hydrogen) atoms. The fourth-order valence-electron chi connectivity index (χ4n) is 0.971. The van der Waals surface area contributed by atoms with Crippen molar-refractivity contribution in [1.29, 1.82) is 0 Å². The van der Waals surface area contributed by atoms with Gasteiger partial charge in [-0.15, -0.1) is 10.2 Å². The predicted octanol–water partition coefficient (Wildman–Crippen LogP) is 2.79. The van der Waals surface area contributed by atoms with Crippen LogP contribution in [0.1, 0.15) is 11.9 Å². The summed E-state index contributed by atoms with van der Waals surface area (Å²) >= 11 is 2.93. The number of hydrogen-bond acceptors (Lipinski definition) is 5. The van der Waals surface area contributed by atoms with E-state index in [2.05, 4.69) is 15.2 Å². The van der Waals surface area contributed by atoms with Gasteiger partial charge in [-0.1, -0.05) is 30.0 Å². The van der Waals surface area contributed by atoms with Crippen LogP contribution >= 0.6 is 23.1 Å². The van der Waals surface area contributed by atoms with E-state index in [0.29, 0.717) is 0 Å². The SMILES string of the molecule is CCc1nnc(Sc2ccnc(F)c2)s1. The average Bonchev–Trinajstić information content (AvgIpc) is 2.65. The van der Waals surface area contributed by atoms with Gasteiger partial charge < -0.3 is 0 Å². The molecule has 0 N–H and O–H groups in total. The molecule has 3 nitrogen and oxygen atoms in total. The van der Waals surface area contributed by atoms with Crippen molar-refractivity contribution in [1.82, 2.24) is 15.2 Å². The van der Waals surface area contributed by atoms with Gasteiger partial charge in [-0.2, -0.15) is 4.39 Å². The van der Waals surface area contributed by atoms with E-state index in [9.17, 15) is 4.39 Å². The molecule has 0 atom stereocenters. The minimum Gasteiger partial charge on any atom is -0.228 e. The first-order valence-electron chi connectivity index (χ1n) is 4.39. The lowest BCUT2D eigenvalue weighted by molar-refractivity contribution is 0.579. The van der Waals surface area contributed by atoms with E-state index in [1.54, 1.807) is 6.07 Å². The van der Waals surface area contributed by atoms with Crippen molar-refractivity contribution >= 4 is 23.1 Å². The maximum Gasteiger partial charge on any atom is 0.213 e. The Morgan fingerprint density at radius 1 is 1.47 bits per heavy atom. The van der Waals surface area contributed by atoms with Crippen LogP contribution in [-0.2, 0) is 6.42 Å². The second kappa shape index (κ2) is 4.67. The summed E-state index contributed by atoms with van der Waals surface area (Å²) in [7, 11) is 0. The molecule has 0 unspecified atom stereocenters. The molecular weight excluding hydrogens is 233 g/mol. The molecule has 6 heteroatoms. The molecule has 0 fully saturated rings. The van der Waals surface area contributed by atoms with Gasteiger partial charge in [0.2, 0.25) is 5.95 Å². The standard InChI is InChI=1S/C9H8FN3S2/c1-2-8-12-13-9(15-8)14-6-3-4-11-7(10)5-6/h3-5H,2H2,1H3. The van der Waals surface area contributed by atoms with Gasteiger partial charge in [0.25, 0.3) is 0 Å². The fourth-order valence-corrected chi connectivity index (χ4v) is 2.79. The Hall–Kier alpha value is -1.01. The number of halogens is 1. The largest absolute Gasteiger partial charge is 0.228 e. The van der Waals surface area contributed by atoms with Crippen LogP contribution in [0.4, 0.5) is 4.39 Å². The quantitative estimate of drug-likeness (QED) is 0.774. The third-order valence-corrected chi connectivity index (χ3v) is 3.76. The van der Waals surface area contributed by atoms with E-state index in [-0.39, 0.29) is 0 Å². The average molecular weight is 241 g/mol. The van der Waals surface area contributed by atoms with E-state index < -0.39 is 5.95 Å². The Kier molecular flexibility index (Phi) is 3.27. The van der Waals surface area contributed by atoms with Crippen LogP contribution in [-0.4, -0.2) is 15.2 Å². The number of pyridine rings is 1. The molecule has 0 saturated carbocycles. The molecule has 78 valence electrons. The minimum atomic E-state index is -0.472. The molecule has 0 bridgehead atoms. The summed E-state index contributed by atoms with van der Waals surface area (Å²) in [5, 5.41) is 8.98. The Labute approximate surface area is 94.8 Å². The maximum atomic E-state index is 12.8. The van der Waals surface area contributed by atoms with Crippen LogP contribution in [0.5, 0.6) is 0 Å². The molecule has 0 aliphatic heterocycles. The minimum absolute atomic E-state index is 0.472. The smallest absolute Gasteiger partial charge is 0.213 e. The van der Waals surface area contributed by atoms with Crippen molar-refractivity contribution in [2.75, 3.05) is 0 Å². The molecular formula is C9H8FN3S2. The van der Waals surface area contributed by atoms with Gasteiger partial charge in [0.15, 0.2) is 4.34 Å². The highest BCUT2D eigenvalue weighted by Gasteiger charge is 2.05. The number of hydrogen-bond donors (Lipinski definition) is 0. The lowest BCUT2D eigenvalue weighted by Crippen LogP contribution is -1.81. The summed E-state index contributed by atoms with van der Waals surface area (Å²) in [6, 6.07) is 3.14. The summed E-state index contributed by atoms with van der Waals surface area (Å²) in [6.07, 6.45) is 2.32. The van der Waals surface area contributed by atoms with Gasteiger partial charge in [0.05, 0.1) is 0 Å². The maximum absolute atomic E-state index is 12.8. The highest BCUT2D eigenvalue weighted by atomic mass is 32.2. The first-order chi connectivity index (χ1) is 7.28. The van der Waals surface area contributed by atoms with Gasteiger partial charge in [0, 0.05) is 17.2 Å². The fraction of sp³-hybridized carbons (Fsp3) is 0.222. The van der Waals surface area contributed by atoms with Crippen molar-refractivity contribution in [3.05, 3.63) is 29.3 Å². The van der Waals surface area contributed by atoms with Crippen molar-refractivity contribution in [3.63, 3.8) is 0 Å². The first kappa shape index (κ1) is 10.5. The lowest BCUT2D eigenvalue weighted by atomic mass is 10.5. The molecule has 0 aromatic carbocycles. The molecule has 0 aliphatic carbocycles. The number of aryl methyl sites for hydroxylation is 1. The second-order valence-electron chi connectivity index (χ2n) is 2.73. The van der Waals surface area contributed by atoms with Crippen LogP contribution in [0.15, 0.2) is 27.6 Å². The van der Waals surface area contributed by atoms with E-state index in [0.717, 1.165) is 20.7 Å². The first-order valence-corrected chi connectivity index (χ1v) is 6.03. The molecule has 0 amide bonds. The molecule has 0 spiro atoms. The van der Waals surface area contributed by atoms with Crippen LogP contribution in [0.2, 0.25) is 0 Å². The monoisotopic (exact) mass is 241 g/mol. The van der Waals surface area contributed by atoms with Crippen molar-refractivity contribution in [2.24, 2.45) is 0 Å². The third-order valence-electron chi connectivity index (χ3n) is 1.65. The Balaban J connectivity index is 2.14. The summed E-state index contributed by atoms with van der Waals surface area (Å²) < 4.78 is 13.6. The molecule has 2 rings (SSSR count). The van der Waals surface area contributed by atoms with Gasteiger partial charge in [-0.25, -0.2) is 4.98 Å². The van der Waals surface area contributed by atoms with Crippen LogP contribution in [0.3, 0.4) is 0 Å². The van der Waals surface area contributed by atoms with Crippen molar-refractivity contribution in [2.45, 2.75) is 22.6 Å². The van der Waals surface area contributed by atoms with Gasteiger partial charge in [0.1, 0.15) is 5.01 Å². The van der Waals surface area contributed by atoms with Crippen molar-refractivity contribution in [3.8, 4) is 0 Å². The predicted molar refractivity (Wildman–Crippen MR) is 57.6 cm³/mol. The van der Waals surface area contributed by atoms with E-state index in [1.807, 2.05) is 6.92 Å². The molecule has 2 aromatic heterocycles. The summed E-state index contributed by atoms with van der Waals surface area (Å²) in [5.74, 6) is -0.472. The Morgan fingerprint density at radius 3 is 3.00 bits per heavy atom. The normalized spacial score (nSPS) is 10.5. The Morgan fingerprint density at radius 2 is 2.33 bits per heavy atom. The van der Waals surface area contributed by atoms with Gasteiger partial charge >= 0.3 is 0 Å². The van der Waals surface area contributed by atoms with Crippen LogP contribution < -0.4 is 0 Å². The Bertz CT molecular complexity index is 458. The zero-order valence-electron chi connectivity index (χ0n) is 7.98. The molecule has 0 saturated heterocycles. The molecule has 2 heterocycles. The lowest BCUT2D eigenvalue weighted by Gasteiger charge is -1.95. The highest BCUT2D eigenvalue weighted by molar-refractivity contribution is 8.01. The summed E-state index contributed by atoms with van der Waals surface area (Å²) in [5.41, 5.74) is 0. The van der Waals surface area contributed by atoms with Gasteiger partial charge in [-0.3, -0.25) is 0 Å². The molecule has 0 radical (unpaired) electrons. The van der Waals surface area contributed by atoms with Crippen LogP contribution in [0.25, 0.3) is 0 Å². The van der Waals surface area contributed by atoms with Crippen molar-refractivity contribution < 1.29 is 4.39 Å². The third kappa shape index (κ3) is 2.73. The zero-order valence-corrected chi connectivity index (χ0v) is 9.61. The zero-order chi connectivity index (χ0) is 10.7. The molecule has 0 aliphatic rings. The highest BCUT2D eigenvalue weighted by Crippen LogP contribution is 2.29. The number of aromatic nitrogens is 3.